The molecule has 9 heteroatoms. The van der Waals surface area contributed by atoms with E-state index in [4.69, 9.17) is 9.47 Å². The summed E-state index contributed by atoms with van der Waals surface area (Å²) < 4.78 is 11.7. The van der Waals surface area contributed by atoms with Crippen molar-refractivity contribution in [1.29, 1.82) is 0 Å². The van der Waals surface area contributed by atoms with E-state index in [1.165, 1.54) is 57.6 Å². The van der Waals surface area contributed by atoms with E-state index in [-0.39, 0.29) is 12.0 Å². The zero-order valence-electron chi connectivity index (χ0n) is 26.0. The summed E-state index contributed by atoms with van der Waals surface area (Å²) in [6, 6.07) is 0. The van der Waals surface area contributed by atoms with Gasteiger partial charge in [-0.3, -0.25) is 4.79 Å². The van der Waals surface area contributed by atoms with Gasteiger partial charge in [-0.1, -0.05) is 83.3 Å². The number of carbonyl (C=O) groups excluding carboxylic acids is 2. The van der Waals surface area contributed by atoms with Crippen molar-refractivity contribution in [3.8, 4) is 0 Å². The zero-order valence-corrected chi connectivity index (χ0v) is 26.0. The van der Waals surface area contributed by atoms with E-state index in [1.807, 2.05) is 6.08 Å². The highest BCUT2D eigenvalue weighted by atomic mass is 16.6. The molecule has 4 aliphatic rings. The third kappa shape index (κ3) is 5.40. The van der Waals surface area contributed by atoms with E-state index in [0.717, 1.165) is 12.8 Å². The van der Waals surface area contributed by atoms with Crippen LogP contribution in [0, 0.1) is 17.8 Å². The molecule has 43 heavy (non-hydrogen) atoms. The minimum Gasteiger partial charge on any atom is -0.449 e. The Morgan fingerprint density at radius 3 is 2.42 bits per heavy atom. The molecule has 3 fully saturated rings. The SMILES string of the molecule is C=C(C)[C@]1(OC(=O)C=C/C=C/CCCCCCCCC)C[C@@H](C)[C@@]2(O)[C@H]([C@H]1O)[C@@H]1O[C@]1(CO)[C@@H](O)[C@]1(O)C(=O)C(C)=C[C@H]12. The van der Waals surface area contributed by atoms with Gasteiger partial charge in [0.15, 0.2) is 17.0 Å². The van der Waals surface area contributed by atoms with Gasteiger partial charge in [0.05, 0.1) is 12.2 Å². The Labute approximate surface area is 255 Å². The number of ketones is 1. The van der Waals surface area contributed by atoms with Gasteiger partial charge in [0.1, 0.15) is 23.9 Å². The lowest BCUT2D eigenvalue weighted by atomic mass is 9.54. The molecule has 9 nitrogen and oxygen atoms in total. The number of aliphatic hydroxyl groups is 5. The van der Waals surface area contributed by atoms with E-state index in [1.54, 1.807) is 26.0 Å². The molecule has 5 N–H and O–H groups in total. The van der Waals surface area contributed by atoms with Gasteiger partial charge in [0, 0.05) is 17.9 Å². The van der Waals surface area contributed by atoms with E-state index >= 15 is 0 Å². The van der Waals surface area contributed by atoms with Crippen molar-refractivity contribution in [3.63, 3.8) is 0 Å². The summed E-state index contributed by atoms with van der Waals surface area (Å²) in [5, 5.41) is 57.7. The van der Waals surface area contributed by atoms with Crippen LogP contribution in [0.1, 0.15) is 85.5 Å². The first-order chi connectivity index (χ1) is 20.3. The van der Waals surface area contributed by atoms with Crippen LogP contribution in [0.5, 0.6) is 0 Å². The molecule has 1 heterocycles. The van der Waals surface area contributed by atoms with Crippen molar-refractivity contribution in [2.75, 3.05) is 6.61 Å². The molecule has 0 aromatic heterocycles. The minimum atomic E-state index is -2.47. The number of unbranched alkanes of at least 4 members (excludes halogenated alkanes) is 7. The van der Waals surface area contributed by atoms with Gasteiger partial charge in [-0.25, -0.2) is 4.79 Å². The first-order valence-corrected chi connectivity index (χ1v) is 15.8. The van der Waals surface area contributed by atoms with Gasteiger partial charge in [-0.2, -0.15) is 0 Å². The second-order valence-electron chi connectivity index (χ2n) is 13.3. The first kappa shape index (κ1) is 33.7. The lowest BCUT2D eigenvalue weighted by Gasteiger charge is -2.57. The number of aliphatic hydroxyl groups excluding tert-OH is 3. The number of Topliss-reactive ketones (excluding diaryl/α,β-unsaturated/α-hetero) is 1. The van der Waals surface area contributed by atoms with Crippen LogP contribution in [-0.2, 0) is 19.1 Å². The fraction of sp³-hybridized carbons (Fsp3) is 0.706. The molecule has 0 spiro atoms. The maximum atomic E-state index is 13.2. The molecule has 0 unspecified atom stereocenters. The van der Waals surface area contributed by atoms with Crippen LogP contribution in [0.25, 0.3) is 0 Å². The summed E-state index contributed by atoms with van der Waals surface area (Å²) in [5.74, 6) is -4.79. The van der Waals surface area contributed by atoms with Crippen molar-refractivity contribution in [2.45, 2.75) is 126 Å². The number of ether oxygens (including phenoxy) is 2. The van der Waals surface area contributed by atoms with E-state index in [0.29, 0.717) is 5.57 Å². The van der Waals surface area contributed by atoms with Crippen molar-refractivity contribution < 1.29 is 44.6 Å². The standard InChI is InChI=1S/C34H50O9/c1-6-7-8-9-10-11-12-13-14-15-16-17-25(36)42-31(21(2)3)19-23(5)33(40)24-18-22(4)27(37)34(24,41)30(39)32(20-35)29(43-32)26(33)28(31)38/h14-18,23-24,26,28-30,35,38-41H,2,6-13,19-20H2,1,3-5H3/b15-14+,17-16?/t23-,24+,26-,28-,29+,30-,31-,32+,33+,34-/m1/s1. The Morgan fingerprint density at radius 2 is 1.79 bits per heavy atom. The molecule has 2 saturated carbocycles. The number of esters is 1. The largest absolute Gasteiger partial charge is 0.449 e. The predicted octanol–water partition coefficient (Wildman–Crippen LogP) is 3.23. The fourth-order valence-electron chi connectivity index (χ4n) is 7.97. The van der Waals surface area contributed by atoms with Crippen LogP contribution in [0.15, 0.2) is 48.1 Å². The highest BCUT2D eigenvalue weighted by molar-refractivity contribution is 6.05. The predicted molar refractivity (Wildman–Crippen MR) is 161 cm³/mol. The maximum absolute atomic E-state index is 13.2. The number of epoxide rings is 1. The highest BCUT2D eigenvalue weighted by Gasteiger charge is 2.83. The van der Waals surface area contributed by atoms with Crippen LogP contribution in [-0.4, -0.2) is 84.6 Å². The first-order valence-electron chi connectivity index (χ1n) is 15.8. The van der Waals surface area contributed by atoms with Gasteiger partial charge in [-0.15, -0.1) is 0 Å². The van der Waals surface area contributed by atoms with E-state index < -0.39 is 76.8 Å². The van der Waals surface area contributed by atoms with Gasteiger partial charge in [-0.05, 0) is 50.2 Å². The monoisotopic (exact) mass is 602 g/mol. The second kappa shape index (κ2) is 12.7. The minimum absolute atomic E-state index is 0.0627. The lowest BCUT2D eigenvalue weighted by molar-refractivity contribution is -0.252. The Balaban J connectivity index is 1.53. The van der Waals surface area contributed by atoms with Gasteiger partial charge < -0.3 is 35.0 Å². The number of hydrogen-bond acceptors (Lipinski definition) is 9. The number of hydrogen-bond donors (Lipinski definition) is 5. The van der Waals surface area contributed by atoms with Crippen LogP contribution in [0.3, 0.4) is 0 Å². The molecule has 0 bridgehead atoms. The smallest absolute Gasteiger partial charge is 0.331 e. The number of fused-ring (bicyclic) bond motifs is 5. The van der Waals surface area contributed by atoms with Crippen LogP contribution < -0.4 is 0 Å². The Hall–Kier alpha value is -2.14. The van der Waals surface area contributed by atoms with Crippen LogP contribution in [0.2, 0.25) is 0 Å². The van der Waals surface area contributed by atoms with E-state index in [9.17, 15) is 35.1 Å². The Kier molecular flexibility index (Phi) is 9.96. The summed E-state index contributed by atoms with van der Waals surface area (Å²) in [4.78, 5) is 26.3. The summed E-state index contributed by atoms with van der Waals surface area (Å²) in [7, 11) is 0. The van der Waals surface area contributed by atoms with Crippen molar-refractivity contribution >= 4 is 11.8 Å². The van der Waals surface area contributed by atoms with Gasteiger partial charge >= 0.3 is 5.97 Å². The molecule has 1 aliphatic heterocycles. The molecular formula is C34H50O9. The fourth-order valence-corrected chi connectivity index (χ4v) is 7.97. The second-order valence-corrected chi connectivity index (χ2v) is 13.3. The average molecular weight is 603 g/mol. The quantitative estimate of drug-likeness (QED) is 0.0533. The molecule has 0 amide bonds. The maximum Gasteiger partial charge on any atom is 0.331 e. The van der Waals surface area contributed by atoms with Gasteiger partial charge in [0.25, 0.3) is 0 Å². The molecule has 1 saturated heterocycles. The van der Waals surface area contributed by atoms with Gasteiger partial charge in [0.2, 0.25) is 0 Å². The molecule has 0 radical (unpaired) electrons. The third-order valence-corrected chi connectivity index (χ3v) is 10.5. The topological polar surface area (TPSA) is 157 Å². The summed E-state index contributed by atoms with van der Waals surface area (Å²) in [6.45, 7) is 10.2. The summed E-state index contributed by atoms with van der Waals surface area (Å²) in [6.07, 6.45) is 12.9. The Morgan fingerprint density at radius 1 is 1.14 bits per heavy atom. The number of allylic oxidation sites excluding steroid dienone is 3. The Bertz CT molecular complexity index is 1170. The number of carbonyl (C=O) groups is 2. The normalized spacial score (nSPS) is 41.9. The third-order valence-electron chi connectivity index (χ3n) is 10.5. The zero-order chi connectivity index (χ0) is 31.8. The van der Waals surface area contributed by atoms with Crippen molar-refractivity contribution in [1.82, 2.24) is 0 Å². The summed E-state index contributed by atoms with van der Waals surface area (Å²) in [5.41, 5.74) is -7.36. The van der Waals surface area contributed by atoms with Crippen molar-refractivity contribution in [2.24, 2.45) is 17.8 Å². The molecular weight excluding hydrogens is 552 g/mol. The van der Waals surface area contributed by atoms with Crippen molar-refractivity contribution in [3.05, 3.63) is 48.1 Å². The molecule has 240 valence electrons. The van der Waals surface area contributed by atoms with Crippen LogP contribution >= 0.6 is 0 Å². The number of rotatable bonds is 13. The lowest BCUT2D eigenvalue weighted by Crippen LogP contribution is -2.71. The molecule has 0 aromatic rings. The molecule has 3 aliphatic carbocycles. The molecule has 4 rings (SSSR count). The summed E-state index contributed by atoms with van der Waals surface area (Å²) >= 11 is 0. The average Bonchev–Trinajstić information content (AvgIpc) is 3.65. The van der Waals surface area contributed by atoms with E-state index in [2.05, 4.69) is 13.5 Å². The highest BCUT2D eigenvalue weighted by Crippen LogP contribution is 2.65. The molecule has 10 atom stereocenters. The molecule has 0 aromatic carbocycles. The van der Waals surface area contributed by atoms with Crippen LogP contribution in [0.4, 0.5) is 0 Å².